The van der Waals surface area contributed by atoms with Gasteiger partial charge < -0.3 is 9.66 Å². The summed E-state index contributed by atoms with van der Waals surface area (Å²) in [6.07, 6.45) is 1.53. The van der Waals surface area contributed by atoms with Crippen LogP contribution >= 0.6 is 0 Å². The van der Waals surface area contributed by atoms with Crippen LogP contribution in [0.1, 0.15) is 19.3 Å². The van der Waals surface area contributed by atoms with E-state index in [4.69, 9.17) is 0 Å². The standard InChI is InChI=1S/C7H13NO4S.Na/c9-7(13(10,11)12)3-5-8-4-1-2-6(7)8;/h6,9H,1-5H2,(H,10,11,12);/q;+1/p-1. The monoisotopic (exact) mass is 229 g/mol. The molecule has 5 nitrogen and oxygen atoms in total. The number of nitrogens with zero attached hydrogens (tertiary/aromatic N) is 1. The van der Waals surface area contributed by atoms with Crippen LogP contribution in [0.2, 0.25) is 0 Å². The van der Waals surface area contributed by atoms with E-state index < -0.39 is 21.1 Å². The first kappa shape index (κ1) is 12.9. The van der Waals surface area contributed by atoms with Crippen molar-refractivity contribution in [3.8, 4) is 0 Å². The zero-order chi connectivity index (χ0) is 9.69. The molecule has 0 aliphatic carbocycles. The number of hydrogen-bond acceptors (Lipinski definition) is 5. The molecule has 2 rings (SSSR count). The van der Waals surface area contributed by atoms with E-state index in [-0.39, 0.29) is 36.0 Å². The molecule has 2 saturated heterocycles. The maximum absolute atomic E-state index is 10.9. The van der Waals surface area contributed by atoms with Gasteiger partial charge in [0.05, 0.1) is 6.04 Å². The van der Waals surface area contributed by atoms with Gasteiger partial charge in [-0.05, 0) is 19.4 Å². The van der Waals surface area contributed by atoms with Crippen molar-refractivity contribution in [2.75, 3.05) is 13.1 Å². The van der Waals surface area contributed by atoms with E-state index in [0.29, 0.717) is 13.0 Å². The molecule has 2 atom stereocenters. The van der Waals surface area contributed by atoms with Gasteiger partial charge in [-0.1, -0.05) is 0 Å². The fourth-order valence-corrected chi connectivity index (χ4v) is 3.31. The summed E-state index contributed by atoms with van der Waals surface area (Å²) >= 11 is 0. The largest absolute Gasteiger partial charge is 1.00 e. The third-order valence-electron chi connectivity index (χ3n) is 3.07. The van der Waals surface area contributed by atoms with Crippen LogP contribution in [0.15, 0.2) is 0 Å². The van der Waals surface area contributed by atoms with Crippen molar-refractivity contribution in [1.82, 2.24) is 4.90 Å². The molecule has 0 aromatic heterocycles. The van der Waals surface area contributed by atoms with Gasteiger partial charge in [-0.15, -0.1) is 0 Å². The summed E-state index contributed by atoms with van der Waals surface area (Å²) in [5.74, 6) is 0. The quantitative estimate of drug-likeness (QED) is 0.367. The molecule has 2 heterocycles. The topological polar surface area (TPSA) is 80.7 Å². The molecule has 2 fully saturated rings. The van der Waals surface area contributed by atoms with E-state index in [9.17, 15) is 18.1 Å². The van der Waals surface area contributed by atoms with Crippen LogP contribution in [0.4, 0.5) is 0 Å². The Labute approximate surface area is 106 Å². The molecular formula is C7H12NNaO4S. The van der Waals surface area contributed by atoms with E-state index in [0.717, 1.165) is 13.0 Å². The Morgan fingerprint density at radius 1 is 1.43 bits per heavy atom. The van der Waals surface area contributed by atoms with E-state index in [2.05, 4.69) is 0 Å². The first-order valence-electron chi connectivity index (χ1n) is 4.37. The van der Waals surface area contributed by atoms with Crippen LogP contribution in [0.3, 0.4) is 0 Å². The van der Waals surface area contributed by atoms with Crippen molar-refractivity contribution >= 4 is 10.1 Å². The van der Waals surface area contributed by atoms with Gasteiger partial charge in [-0.25, -0.2) is 8.42 Å². The number of hydrogen-bond donors (Lipinski definition) is 1. The summed E-state index contributed by atoms with van der Waals surface area (Å²) in [6.45, 7) is 1.31. The zero-order valence-corrected chi connectivity index (χ0v) is 11.0. The Morgan fingerprint density at radius 2 is 2.07 bits per heavy atom. The molecule has 0 radical (unpaired) electrons. The molecule has 2 aliphatic rings. The molecule has 76 valence electrons. The predicted molar refractivity (Wildman–Crippen MR) is 43.9 cm³/mol. The second-order valence-corrected chi connectivity index (χ2v) is 5.36. The summed E-state index contributed by atoms with van der Waals surface area (Å²) in [5.41, 5.74) is 0. The summed E-state index contributed by atoms with van der Waals surface area (Å²) < 4.78 is 32.6. The summed E-state index contributed by atoms with van der Waals surface area (Å²) in [4.78, 5) is -0.140. The first-order valence-corrected chi connectivity index (χ1v) is 5.78. The van der Waals surface area contributed by atoms with Gasteiger partial charge in [0.25, 0.3) is 0 Å². The molecule has 1 N–H and O–H groups in total. The Morgan fingerprint density at radius 3 is 2.64 bits per heavy atom. The SMILES string of the molecule is O=S(=O)([O-])C1(O)CCN2CCCC21.[Na+]. The van der Waals surface area contributed by atoms with Gasteiger partial charge in [0.1, 0.15) is 10.1 Å². The predicted octanol–water partition coefficient (Wildman–Crippen LogP) is -3.91. The van der Waals surface area contributed by atoms with Crippen molar-refractivity contribution in [1.29, 1.82) is 0 Å². The Balaban J connectivity index is 0.000000980. The third kappa shape index (κ3) is 1.77. The van der Waals surface area contributed by atoms with Gasteiger partial charge in [0, 0.05) is 13.0 Å². The maximum atomic E-state index is 10.9. The van der Waals surface area contributed by atoms with Gasteiger partial charge in [-0.2, -0.15) is 0 Å². The van der Waals surface area contributed by atoms with Crippen molar-refractivity contribution in [3.05, 3.63) is 0 Å². The third-order valence-corrected chi connectivity index (χ3v) is 4.42. The van der Waals surface area contributed by atoms with Crippen LogP contribution in [-0.2, 0) is 10.1 Å². The maximum Gasteiger partial charge on any atom is 1.00 e. The molecule has 7 heteroatoms. The van der Waals surface area contributed by atoms with Crippen LogP contribution in [0.5, 0.6) is 0 Å². The van der Waals surface area contributed by atoms with E-state index in [1.54, 1.807) is 0 Å². The number of fused-ring (bicyclic) bond motifs is 1. The van der Waals surface area contributed by atoms with E-state index >= 15 is 0 Å². The second kappa shape index (κ2) is 4.01. The average Bonchev–Trinajstić information content (AvgIpc) is 2.52. The van der Waals surface area contributed by atoms with Crippen molar-refractivity contribution in [2.45, 2.75) is 30.2 Å². The normalized spacial score (nSPS) is 38.0. The molecule has 2 aliphatic heterocycles. The Hall–Kier alpha value is 0.830. The molecule has 0 bridgehead atoms. The van der Waals surface area contributed by atoms with Crippen LogP contribution in [-0.4, -0.2) is 47.0 Å². The minimum atomic E-state index is -4.59. The zero-order valence-electron chi connectivity index (χ0n) is 8.14. The van der Waals surface area contributed by atoms with Crippen LogP contribution in [0.25, 0.3) is 0 Å². The molecule has 2 unspecified atom stereocenters. The molecule has 0 aromatic rings. The Kier molecular flexibility index (Phi) is 3.69. The van der Waals surface area contributed by atoms with Crippen LogP contribution in [0, 0.1) is 0 Å². The number of rotatable bonds is 1. The first-order chi connectivity index (χ1) is 5.95. The van der Waals surface area contributed by atoms with Gasteiger partial charge in [-0.3, -0.25) is 4.90 Å². The Bertz CT molecular complexity index is 320. The van der Waals surface area contributed by atoms with Gasteiger partial charge >= 0.3 is 29.6 Å². The fraction of sp³-hybridized carbons (Fsp3) is 1.00. The van der Waals surface area contributed by atoms with Gasteiger partial charge in [0.2, 0.25) is 0 Å². The average molecular weight is 229 g/mol. The van der Waals surface area contributed by atoms with E-state index in [1.807, 2.05) is 4.90 Å². The van der Waals surface area contributed by atoms with Gasteiger partial charge in [0.15, 0.2) is 4.93 Å². The van der Waals surface area contributed by atoms with E-state index in [1.165, 1.54) is 0 Å². The van der Waals surface area contributed by atoms with Crippen LogP contribution < -0.4 is 29.6 Å². The fourth-order valence-electron chi connectivity index (χ4n) is 2.37. The van der Waals surface area contributed by atoms with Crippen molar-refractivity contribution < 1.29 is 47.6 Å². The number of aliphatic hydroxyl groups is 1. The van der Waals surface area contributed by atoms with Crippen molar-refractivity contribution in [3.63, 3.8) is 0 Å². The molecule has 0 saturated carbocycles. The van der Waals surface area contributed by atoms with Crippen molar-refractivity contribution in [2.24, 2.45) is 0 Å². The second-order valence-electron chi connectivity index (χ2n) is 3.74. The molecule has 0 spiro atoms. The molecular weight excluding hydrogens is 217 g/mol. The minimum Gasteiger partial charge on any atom is -0.746 e. The minimum absolute atomic E-state index is 0. The molecule has 0 aromatic carbocycles. The molecule has 0 amide bonds. The molecule has 14 heavy (non-hydrogen) atoms. The summed E-state index contributed by atoms with van der Waals surface area (Å²) in [6, 6.07) is -0.463. The smallest absolute Gasteiger partial charge is 0.746 e. The summed E-state index contributed by atoms with van der Waals surface area (Å²) in [7, 11) is -4.59. The summed E-state index contributed by atoms with van der Waals surface area (Å²) in [5, 5.41) is 9.76.